The molecule has 33 heavy (non-hydrogen) atoms. The van der Waals surface area contributed by atoms with Crippen LogP contribution >= 0.6 is 0 Å². The highest BCUT2D eigenvalue weighted by Crippen LogP contribution is 2.11. The van der Waals surface area contributed by atoms with Gasteiger partial charge in [0.25, 0.3) is 5.91 Å². The molecule has 7 heteroatoms. The zero-order valence-electron chi connectivity index (χ0n) is 19.0. The van der Waals surface area contributed by atoms with E-state index in [1.807, 2.05) is 25.1 Å². The molecule has 0 spiro atoms. The van der Waals surface area contributed by atoms with Crippen LogP contribution in [0.4, 0.5) is 4.39 Å². The first-order valence-electron chi connectivity index (χ1n) is 11.1. The van der Waals surface area contributed by atoms with Crippen molar-refractivity contribution in [1.29, 1.82) is 0 Å². The number of hydrogen-bond donors (Lipinski definition) is 1. The van der Waals surface area contributed by atoms with Crippen LogP contribution in [0.25, 0.3) is 0 Å². The fourth-order valence-corrected chi connectivity index (χ4v) is 3.41. The highest BCUT2D eigenvalue weighted by atomic mass is 19.1. The third kappa shape index (κ3) is 7.79. The second-order valence-electron chi connectivity index (χ2n) is 8.14. The highest BCUT2D eigenvalue weighted by molar-refractivity contribution is 5.92. The Bertz CT molecular complexity index is 1040. The fraction of sp³-hybridized carbons (Fsp3) is 0.308. The predicted octanol–water partition coefficient (Wildman–Crippen LogP) is 4.09. The van der Waals surface area contributed by atoms with E-state index in [1.165, 1.54) is 30.1 Å². The van der Waals surface area contributed by atoms with Crippen molar-refractivity contribution in [3.05, 3.63) is 95.3 Å². The minimum atomic E-state index is -0.343. The van der Waals surface area contributed by atoms with Crippen molar-refractivity contribution in [1.82, 2.24) is 20.2 Å². The van der Waals surface area contributed by atoms with Crippen molar-refractivity contribution >= 4 is 11.8 Å². The number of hydrogen-bond acceptors (Lipinski definition) is 4. The number of nitrogens with zero attached hydrogens (tertiary/aromatic N) is 3. The first-order chi connectivity index (χ1) is 15.9. The molecule has 2 aromatic carbocycles. The minimum Gasteiger partial charge on any atom is -0.354 e. The summed E-state index contributed by atoms with van der Waals surface area (Å²) in [5.41, 5.74) is 2.91. The zero-order valence-corrected chi connectivity index (χ0v) is 19.0. The molecule has 1 aromatic heterocycles. The van der Waals surface area contributed by atoms with Crippen LogP contribution in [0.2, 0.25) is 0 Å². The third-order valence-electron chi connectivity index (χ3n) is 5.30. The molecule has 3 rings (SSSR count). The van der Waals surface area contributed by atoms with Crippen LogP contribution in [0.5, 0.6) is 0 Å². The molecular weight excluding hydrogens is 419 g/mol. The van der Waals surface area contributed by atoms with E-state index in [-0.39, 0.29) is 48.9 Å². The second kappa shape index (κ2) is 11.9. The summed E-state index contributed by atoms with van der Waals surface area (Å²) in [6.07, 6.45) is 4.82. The number of aromatic nitrogens is 2. The van der Waals surface area contributed by atoms with E-state index in [2.05, 4.69) is 27.4 Å². The Morgan fingerprint density at radius 2 is 1.73 bits per heavy atom. The molecule has 0 aliphatic rings. The van der Waals surface area contributed by atoms with Gasteiger partial charge in [-0.3, -0.25) is 14.6 Å². The number of rotatable bonds is 10. The zero-order chi connectivity index (χ0) is 23.6. The topological polar surface area (TPSA) is 75.2 Å². The van der Waals surface area contributed by atoms with Crippen molar-refractivity contribution in [3.8, 4) is 0 Å². The van der Waals surface area contributed by atoms with Gasteiger partial charge in [0.15, 0.2) is 0 Å². The molecular formula is C26H29FN4O2. The van der Waals surface area contributed by atoms with Gasteiger partial charge in [0.05, 0.1) is 11.9 Å². The average Bonchev–Trinajstić information content (AvgIpc) is 2.82. The van der Waals surface area contributed by atoms with Gasteiger partial charge in [-0.2, -0.15) is 0 Å². The Kier molecular flexibility index (Phi) is 8.63. The molecule has 0 aliphatic heterocycles. The Morgan fingerprint density at radius 3 is 2.39 bits per heavy atom. The van der Waals surface area contributed by atoms with Crippen LogP contribution in [0.3, 0.4) is 0 Å². The minimum absolute atomic E-state index is 0.0157. The van der Waals surface area contributed by atoms with E-state index < -0.39 is 0 Å². The number of amides is 2. The van der Waals surface area contributed by atoms with Crippen molar-refractivity contribution < 1.29 is 14.0 Å². The van der Waals surface area contributed by atoms with Crippen LogP contribution in [-0.2, 0) is 17.8 Å². The van der Waals surface area contributed by atoms with Crippen LogP contribution in [-0.4, -0.2) is 39.3 Å². The van der Waals surface area contributed by atoms with E-state index in [0.29, 0.717) is 5.69 Å². The quantitative estimate of drug-likeness (QED) is 0.507. The molecule has 0 bridgehead atoms. The third-order valence-corrected chi connectivity index (χ3v) is 5.30. The number of carbonyl (C=O) groups is 2. The van der Waals surface area contributed by atoms with E-state index >= 15 is 0 Å². The molecule has 3 aromatic rings. The molecule has 0 fully saturated rings. The molecule has 0 radical (unpaired) electrons. The second-order valence-corrected chi connectivity index (χ2v) is 8.14. The van der Waals surface area contributed by atoms with Crippen LogP contribution in [0.15, 0.2) is 67.0 Å². The maximum Gasteiger partial charge on any atom is 0.274 e. The Labute approximate surface area is 193 Å². The predicted molar refractivity (Wildman–Crippen MR) is 125 cm³/mol. The lowest BCUT2D eigenvalue weighted by Crippen LogP contribution is -2.38. The summed E-state index contributed by atoms with van der Waals surface area (Å²) in [4.78, 5) is 35.4. The summed E-state index contributed by atoms with van der Waals surface area (Å²) in [5, 5.41) is 3.01. The van der Waals surface area contributed by atoms with Gasteiger partial charge in [-0.15, -0.1) is 0 Å². The molecule has 172 valence electrons. The molecule has 0 aliphatic carbocycles. The van der Waals surface area contributed by atoms with Crippen molar-refractivity contribution in [2.75, 3.05) is 6.54 Å². The Hall–Kier alpha value is -3.61. The van der Waals surface area contributed by atoms with Gasteiger partial charge < -0.3 is 10.2 Å². The largest absolute Gasteiger partial charge is 0.354 e. The van der Waals surface area contributed by atoms with Crippen LogP contribution in [0, 0.1) is 12.7 Å². The summed E-state index contributed by atoms with van der Waals surface area (Å²) in [6, 6.07) is 16.1. The first-order valence-corrected chi connectivity index (χ1v) is 11.1. The van der Waals surface area contributed by atoms with Crippen molar-refractivity contribution in [2.24, 2.45) is 0 Å². The number of nitrogens with one attached hydrogen (secondary N) is 1. The molecule has 2 amide bonds. The number of aryl methyl sites for hydroxylation is 2. The van der Waals surface area contributed by atoms with Gasteiger partial charge in [-0.1, -0.05) is 42.5 Å². The molecule has 0 saturated carbocycles. The van der Waals surface area contributed by atoms with Gasteiger partial charge in [0, 0.05) is 31.7 Å². The maximum absolute atomic E-state index is 13.3. The summed E-state index contributed by atoms with van der Waals surface area (Å²) in [7, 11) is 0. The van der Waals surface area contributed by atoms with Crippen LogP contribution < -0.4 is 5.32 Å². The maximum atomic E-state index is 13.3. The molecule has 1 heterocycles. The average molecular weight is 449 g/mol. The fourth-order valence-electron chi connectivity index (χ4n) is 3.41. The molecule has 1 atom stereocenters. The summed E-state index contributed by atoms with van der Waals surface area (Å²) >= 11 is 0. The lowest BCUT2D eigenvalue weighted by molar-refractivity contribution is -0.121. The van der Waals surface area contributed by atoms with Gasteiger partial charge in [-0.05, 0) is 49.9 Å². The van der Waals surface area contributed by atoms with Crippen molar-refractivity contribution in [2.45, 2.75) is 45.7 Å². The lowest BCUT2D eigenvalue weighted by atomic mass is 10.1. The smallest absolute Gasteiger partial charge is 0.274 e. The highest BCUT2D eigenvalue weighted by Gasteiger charge is 2.19. The van der Waals surface area contributed by atoms with Gasteiger partial charge in [0.2, 0.25) is 5.91 Å². The summed E-state index contributed by atoms with van der Waals surface area (Å²) in [5.74, 6) is -0.788. The standard InChI is InChI=1S/C26H29FN4O2/c1-19(8-9-21-6-4-3-5-7-21)30-25(32)14-15-31(18-22-10-12-23(27)13-11-22)26(33)24-17-28-20(2)16-29-24/h3-7,10-13,16-17,19H,8-9,14-15,18H2,1-2H3,(H,30,32). The summed E-state index contributed by atoms with van der Waals surface area (Å²) in [6.45, 7) is 4.22. The SMILES string of the molecule is Cc1cnc(C(=O)N(CCC(=O)NC(C)CCc2ccccc2)Cc2ccc(F)cc2)cn1. The molecule has 1 N–H and O–H groups in total. The van der Waals surface area contributed by atoms with E-state index in [4.69, 9.17) is 0 Å². The lowest BCUT2D eigenvalue weighted by Gasteiger charge is -2.23. The number of benzene rings is 2. The van der Waals surface area contributed by atoms with Crippen LogP contribution in [0.1, 0.15) is 47.1 Å². The normalized spacial score (nSPS) is 11.6. The molecule has 0 saturated heterocycles. The Balaban J connectivity index is 1.58. The van der Waals surface area contributed by atoms with Crippen molar-refractivity contribution in [3.63, 3.8) is 0 Å². The van der Waals surface area contributed by atoms with Gasteiger partial charge >= 0.3 is 0 Å². The van der Waals surface area contributed by atoms with E-state index in [0.717, 1.165) is 18.4 Å². The number of halogens is 1. The first kappa shape index (κ1) is 24.0. The van der Waals surface area contributed by atoms with E-state index in [9.17, 15) is 14.0 Å². The molecule has 6 nitrogen and oxygen atoms in total. The summed E-state index contributed by atoms with van der Waals surface area (Å²) < 4.78 is 13.3. The van der Waals surface area contributed by atoms with E-state index in [1.54, 1.807) is 24.0 Å². The number of carbonyl (C=O) groups excluding carboxylic acids is 2. The van der Waals surface area contributed by atoms with Gasteiger partial charge in [-0.25, -0.2) is 9.37 Å². The Morgan fingerprint density at radius 1 is 1.00 bits per heavy atom. The molecule has 1 unspecified atom stereocenters. The monoisotopic (exact) mass is 448 g/mol. The van der Waals surface area contributed by atoms with Gasteiger partial charge in [0.1, 0.15) is 11.5 Å².